The highest BCUT2D eigenvalue weighted by Gasteiger charge is 2.32. The first kappa shape index (κ1) is 23.5. The van der Waals surface area contributed by atoms with Crippen molar-refractivity contribution in [1.29, 1.82) is 0 Å². The van der Waals surface area contributed by atoms with Crippen LogP contribution in [0.3, 0.4) is 0 Å². The number of amides is 1. The highest BCUT2D eigenvalue weighted by atomic mass is 16.5. The molecule has 1 N–H and O–H groups in total. The van der Waals surface area contributed by atoms with Crippen LogP contribution in [0.5, 0.6) is 11.6 Å². The molecule has 0 radical (unpaired) electrons. The molecule has 1 aliphatic rings. The molecule has 8 heteroatoms. The molecule has 4 aromatic rings. The van der Waals surface area contributed by atoms with Gasteiger partial charge in [-0.15, -0.1) is 0 Å². The lowest BCUT2D eigenvalue weighted by molar-refractivity contribution is -0.120. The second kappa shape index (κ2) is 10.2. The summed E-state index contributed by atoms with van der Waals surface area (Å²) in [6.07, 6.45) is 9.58. The molecule has 0 saturated heterocycles. The molecular formula is C28H29N5O3. The second-order valence-electron chi connectivity index (χ2n) is 9.15. The Morgan fingerprint density at radius 2 is 2.03 bits per heavy atom. The Morgan fingerprint density at radius 3 is 2.78 bits per heavy atom. The molecule has 0 fully saturated rings. The number of ether oxygens (including phenoxy) is 1. The van der Waals surface area contributed by atoms with E-state index in [0.29, 0.717) is 24.7 Å². The molecule has 1 aromatic carbocycles. The van der Waals surface area contributed by atoms with E-state index in [4.69, 9.17) is 4.74 Å². The van der Waals surface area contributed by atoms with Crippen LogP contribution < -0.4 is 9.64 Å². The predicted octanol–water partition coefficient (Wildman–Crippen LogP) is 4.40. The first-order valence-corrected chi connectivity index (χ1v) is 12.1. The van der Waals surface area contributed by atoms with Crippen molar-refractivity contribution in [2.45, 2.75) is 45.2 Å². The number of nitrogens with zero attached hydrogens (tertiary/aromatic N) is 5. The fourth-order valence-electron chi connectivity index (χ4n) is 4.74. The Hall–Kier alpha value is -4.20. The zero-order chi connectivity index (χ0) is 25.1. The topological polar surface area (TPSA) is 93.4 Å². The maximum absolute atomic E-state index is 14.0. The molecule has 1 unspecified atom stereocenters. The van der Waals surface area contributed by atoms with Crippen molar-refractivity contribution < 1.29 is 14.6 Å². The smallest absolute Gasteiger partial charge is 0.234 e. The van der Waals surface area contributed by atoms with Gasteiger partial charge in [0.15, 0.2) is 0 Å². The number of anilines is 1. The Kier molecular flexibility index (Phi) is 6.66. The first-order chi connectivity index (χ1) is 17.5. The molecule has 3 heterocycles. The second-order valence-corrected chi connectivity index (χ2v) is 9.15. The van der Waals surface area contributed by atoms with Crippen LogP contribution in [0, 0.1) is 6.92 Å². The van der Waals surface area contributed by atoms with Gasteiger partial charge in [0, 0.05) is 24.0 Å². The summed E-state index contributed by atoms with van der Waals surface area (Å²) >= 11 is 0. The molecule has 1 amide bonds. The van der Waals surface area contributed by atoms with Gasteiger partial charge in [0.1, 0.15) is 5.75 Å². The zero-order valence-electron chi connectivity index (χ0n) is 20.5. The van der Waals surface area contributed by atoms with Crippen molar-refractivity contribution in [2.75, 3.05) is 12.0 Å². The average molecular weight is 484 g/mol. The van der Waals surface area contributed by atoms with Crippen LogP contribution in [0.25, 0.3) is 0 Å². The minimum absolute atomic E-state index is 0.0264. The van der Waals surface area contributed by atoms with Crippen molar-refractivity contribution in [2.24, 2.45) is 0 Å². The van der Waals surface area contributed by atoms with Crippen LogP contribution in [0.4, 0.5) is 5.69 Å². The number of phenolic OH excluding ortho intramolecular Hbond substituents is 1. The van der Waals surface area contributed by atoms with Crippen LogP contribution in [0.2, 0.25) is 0 Å². The number of methoxy groups -OCH3 is 1. The van der Waals surface area contributed by atoms with Crippen LogP contribution >= 0.6 is 0 Å². The molecule has 0 spiro atoms. The van der Waals surface area contributed by atoms with Crippen LogP contribution in [-0.2, 0) is 24.3 Å². The Morgan fingerprint density at radius 1 is 1.14 bits per heavy atom. The minimum atomic E-state index is -0.338. The number of aromatic nitrogens is 4. The van der Waals surface area contributed by atoms with Gasteiger partial charge in [-0.2, -0.15) is 5.10 Å². The Bertz CT molecular complexity index is 1350. The normalized spacial score (nSPS) is 14.8. The van der Waals surface area contributed by atoms with Crippen LogP contribution in [-0.4, -0.2) is 37.9 Å². The van der Waals surface area contributed by atoms with E-state index in [0.717, 1.165) is 47.2 Å². The number of hydrogen-bond donors (Lipinski definition) is 1. The molecule has 36 heavy (non-hydrogen) atoms. The van der Waals surface area contributed by atoms with Gasteiger partial charge in [-0.25, -0.2) is 4.98 Å². The van der Waals surface area contributed by atoms with Crippen molar-refractivity contribution in [1.82, 2.24) is 19.7 Å². The van der Waals surface area contributed by atoms with Crippen molar-refractivity contribution in [3.8, 4) is 11.6 Å². The summed E-state index contributed by atoms with van der Waals surface area (Å²) in [5.41, 5.74) is 5.38. The molecule has 5 rings (SSSR count). The molecule has 1 aliphatic carbocycles. The van der Waals surface area contributed by atoms with Gasteiger partial charge in [-0.05, 0) is 61.1 Å². The third kappa shape index (κ3) is 4.93. The molecule has 8 nitrogen and oxygen atoms in total. The van der Waals surface area contributed by atoms with E-state index in [1.807, 2.05) is 54.3 Å². The number of fused-ring (bicyclic) bond motifs is 1. The third-order valence-electron chi connectivity index (χ3n) is 6.61. The van der Waals surface area contributed by atoms with Crippen molar-refractivity contribution >= 4 is 11.6 Å². The standard InChI is InChI=1S/C28H29N5O3/c1-19-9-10-21(29-13-19)18-32-16-20(14-31-32)17-33(22-11-12-27(36-2)30-15-22)28(35)25-7-3-6-24-23(25)5-4-8-26(24)34/h4-5,8-16,25,34H,3,6-7,17-18H2,1-2H3. The van der Waals surface area contributed by atoms with Gasteiger partial charge in [0.05, 0.1) is 49.9 Å². The average Bonchev–Trinajstić information content (AvgIpc) is 3.35. The summed E-state index contributed by atoms with van der Waals surface area (Å²) in [6.45, 7) is 2.90. The molecular weight excluding hydrogens is 454 g/mol. The predicted molar refractivity (Wildman–Crippen MR) is 136 cm³/mol. The number of rotatable bonds is 7. The third-order valence-corrected chi connectivity index (χ3v) is 6.61. The molecule has 184 valence electrons. The lowest BCUT2D eigenvalue weighted by Gasteiger charge is -2.31. The number of hydrogen-bond acceptors (Lipinski definition) is 6. The van der Waals surface area contributed by atoms with Crippen LogP contribution in [0.1, 0.15) is 46.7 Å². The van der Waals surface area contributed by atoms with Crippen LogP contribution in [0.15, 0.2) is 67.3 Å². The van der Waals surface area contributed by atoms with E-state index in [1.54, 1.807) is 36.5 Å². The number of phenols is 1. The number of pyridine rings is 2. The lowest BCUT2D eigenvalue weighted by Crippen LogP contribution is -2.36. The summed E-state index contributed by atoms with van der Waals surface area (Å²) in [7, 11) is 1.56. The molecule has 0 bridgehead atoms. The quantitative estimate of drug-likeness (QED) is 0.419. The fraction of sp³-hybridized carbons (Fsp3) is 0.286. The largest absolute Gasteiger partial charge is 0.508 e. The number of benzene rings is 1. The molecule has 0 aliphatic heterocycles. The highest BCUT2D eigenvalue weighted by molar-refractivity contribution is 5.98. The van der Waals surface area contributed by atoms with Crippen molar-refractivity contribution in [3.05, 3.63) is 95.2 Å². The zero-order valence-corrected chi connectivity index (χ0v) is 20.5. The van der Waals surface area contributed by atoms with Gasteiger partial charge < -0.3 is 14.7 Å². The van der Waals surface area contributed by atoms with Crippen molar-refractivity contribution in [3.63, 3.8) is 0 Å². The van der Waals surface area contributed by atoms with E-state index in [9.17, 15) is 9.90 Å². The number of aryl methyl sites for hydroxylation is 1. The maximum Gasteiger partial charge on any atom is 0.234 e. The highest BCUT2D eigenvalue weighted by Crippen LogP contribution is 2.38. The maximum atomic E-state index is 14.0. The number of carbonyl (C=O) groups excluding carboxylic acids is 1. The monoisotopic (exact) mass is 483 g/mol. The number of carbonyl (C=O) groups is 1. The minimum Gasteiger partial charge on any atom is -0.508 e. The Balaban J connectivity index is 1.43. The van der Waals surface area contributed by atoms with Gasteiger partial charge in [-0.1, -0.05) is 18.2 Å². The summed E-state index contributed by atoms with van der Waals surface area (Å²) in [6, 6.07) is 13.1. The van der Waals surface area contributed by atoms with E-state index < -0.39 is 0 Å². The van der Waals surface area contributed by atoms with Gasteiger partial charge in [0.25, 0.3) is 0 Å². The SMILES string of the molecule is COc1ccc(N(Cc2cnn(Cc3ccc(C)cn3)c2)C(=O)C2CCCc3c(O)cccc32)cn1. The summed E-state index contributed by atoms with van der Waals surface area (Å²) in [5.74, 6) is 0.377. The summed E-state index contributed by atoms with van der Waals surface area (Å²) < 4.78 is 7.04. The van der Waals surface area contributed by atoms with E-state index >= 15 is 0 Å². The van der Waals surface area contributed by atoms with Gasteiger partial charge >= 0.3 is 0 Å². The van der Waals surface area contributed by atoms with Gasteiger partial charge in [-0.3, -0.25) is 14.5 Å². The summed E-state index contributed by atoms with van der Waals surface area (Å²) in [4.78, 5) is 24.5. The van der Waals surface area contributed by atoms with E-state index in [1.165, 1.54) is 0 Å². The van der Waals surface area contributed by atoms with Gasteiger partial charge in [0.2, 0.25) is 11.8 Å². The summed E-state index contributed by atoms with van der Waals surface area (Å²) in [5, 5.41) is 14.9. The van der Waals surface area contributed by atoms with E-state index in [2.05, 4.69) is 15.1 Å². The molecule has 0 saturated carbocycles. The molecule has 3 aromatic heterocycles. The Labute approximate surface area is 210 Å². The molecule has 1 atom stereocenters. The van der Waals surface area contributed by atoms with E-state index in [-0.39, 0.29) is 17.6 Å². The fourth-order valence-corrected chi connectivity index (χ4v) is 4.74. The lowest BCUT2D eigenvalue weighted by atomic mass is 9.81. The number of aromatic hydroxyl groups is 1. The first-order valence-electron chi connectivity index (χ1n) is 12.1.